The van der Waals surface area contributed by atoms with Crippen LogP contribution in [0.2, 0.25) is 0 Å². The van der Waals surface area contributed by atoms with Crippen LogP contribution in [0.25, 0.3) is 0 Å². The maximum absolute atomic E-state index is 3.98. The first-order valence-electron chi connectivity index (χ1n) is 3.75. The van der Waals surface area contributed by atoms with Gasteiger partial charge in [0.1, 0.15) is 0 Å². The fourth-order valence-corrected chi connectivity index (χ4v) is 0.384. The van der Waals surface area contributed by atoms with Crippen molar-refractivity contribution in [1.82, 2.24) is 0 Å². The standard InChI is InChI=1S/C8H11N.C2H6/c1-4-6-8(3)9-7-5-2;1-2/h4-7H,1-2H2,3H3;1-2H3/b8-6-,9-7?;. The monoisotopic (exact) mass is 151 g/mol. The van der Waals surface area contributed by atoms with Crippen molar-refractivity contribution in [1.29, 1.82) is 0 Å². The lowest BCUT2D eigenvalue weighted by Gasteiger charge is -1.83. The summed E-state index contributed by atoms with van der Waals surface area (Å²) >= 11 is 0. The van der Waals surface area contributed by atoms with Crippen LogP contribution in [0.3, 0.4) is 0 Å². The Kier molecular flexibility index (Phi) is 13.3. The number of hydrogen-bond donors (Lipinski definition) is 0. The van der Waals surface area contributed by atoms with Gasteiger partial charge in [-0.15, -0.1) is 0 Å². The van der Waals surface area contributed by atoms with Crippen LogP contribution in [-0.2, 0) is 0 Å². The Morgan fingerprint density at radius 3 is 2.09 bits per heavy atom. The Bertz CT molecular complexity index is 152. The van der Waals surface area contributed by atoms with Gasteiger partial charge >= 0.3 is 0 Å². The molecule has 0 atom stereocenters. The van der Waals surface area contributed by atoms with Crippen LogP contribution in [0.15, 0.2) is 42.1 Å². The summed E-state index contributed by atoms with van der Waals surface area (Å²) in [6.45, 7) is 12.9. The molecule has 0 N–H and O–H groups in total. The summed E-state index contributed by atoms with van der Waals surface area (Å²) in [7, 11) is 0. The van der Waals surface area contributed by atoms with E-state index in [0.717, 1.165) is 5.70 Å². The highest BCUT2D eigenvalue weighted by Gasteiger charge is 1.73. The maximum atomic E-state index is 3.98. The molecule has 0 aliphatic heterocycles. The van der Waals surface area contributed by atoms with Gasteiger partial charge in [-0.25, -0.2) is 0 Å². The molecule has 0 rings (SSSR count). The average molecular weight is 151 g/mol. The van der Waals surface area contributed by atoms with Crippen LogP contribution >= 0.6 is 0 Å². The molecule has 0 aromatic heterocycles. The van der Waals surface area contributed by atoms with Gasteiger partial charge in [-0.05, 0) is 13.0 Å². The minimum Gasteiger partial charge on any atom is -0.262 e. The van der Waals surface area contributed by atoms with Gasteiger partial charge in [-0.3, -0.25) is 4.99 Å². The molecule has 0 bridgehead atoms. The van der Waals surface area contributed by atoms with E-state index in [0.29, 0.717) is 0 Å². The third-order valence-corrected chi connectivity index (χ3v) is 0.743. The van der Waals surface area contributed by atoms with Crippen molar-refractivity contribution in [3.63, 3.8) is 0 Å². The number of rotatable bonds is 3. The number of aliphatic imine (C=N–C) groups is 1. The van der Waals surface area contributed by atoms with E-state index in [1.165, 1.54) is 0 Å². The Balaban J connectivity index is 0. The van der Waals surface area contributed by atoms with Crippen molar-refractivity contribution in [2.24, 2.45) is 4.99 Å². The molecule has 0 saturated carbocycles. The summed E-state index contributed by atoms with van der Waals surface area (Å²) in [6.07, 6.45) is 6.82. The first kappa shape index (κ1) is 12.6. The van der Waals surface area contributed by atoms with Crippen LogP contribution in [0.5, 0.6) is 0 Å². The third-order valence-electron chi connectivity index (χ3n) is 0.743. The lowest BCUT2D eigenvalue weighted by Crippen LogP contribution is -1.67. The van der Waals surface area contributed by atoms with Gasteiger partial charge in [0.25, 0.3) is 0 Å². The topological polar surface area (TPSA) is 12.4 Å². The fourth-order valence-electron chi connectivity index (χ4n) is 0.384. The van der Waals surface area contributed by atoms with E-state index in [1.807, 2.05) is 26.8 Å². The van der Waals surface area contributed by atoms with Gasteiger partial charge in [0.15, 0.2) is 0 Å². The van der Waals surface area contributed by atoms with Crippen LogP contribution in [-0.4, -0.2) is 6.21 Å². The summed E-state index contributed by atoms with van der Waals surface area (Å²) in [4.78, 5) is 3.98. The normalized spacial score (nSPS) is 10.3. The zero-order valence-corrected chi connectivity index (χ0v) is 7.67. The van der Waals surface area contributed by atoms with E-state index in [9.17, 15) is 0 Å². The van der Waals surface area contributed by atoms with Crippen LogP contribution in [0, 0.1) is 0 Å². The number of allylic oxidation sites excluding steroid dienone is 4. The van der Waals surface area contributed by atoms with E-state index in [2.05, 4.69) is 18.2 Å². The highest BCUT2D eigenvalue weighted by atomic mass is 14.7. The van der Waals surface area contributed by atoms with Gasteiger partial charge in [0.2, 0.25) is 0 Å². The largest absolute Gasteiger partial charge is 0.262 e. The van der Waals surface area contributed by atoms with E-state index in [1.54, 1.807) is 18.4 Å². The third kappa shape index (κ3) is 12.2. The molecule has 0 aromatic carbocycles. The van der Waals surface area contributed by atoms with Gasteiger partial charge in [-0.2, -0.15) is 0 Å². The Morgan fingerprint density at radius 2 is 1.73 bits per heavy atom. The Hall–Kier alpha value is -1.11. The quantitative estimate of drug-likeness (QED) is 0.433. The van der Waals surface area contributed by atoms with E-state index in [4.69, 9.17) is 0 Å². The van der Waals surface area contributed by atoms with Crippen molar-refractivity contribution in [2.75, 3.05) is 0 Å². The van der Waals surface area contributed by atoms with Crippen LogP contribution in [0.4, 0.5) is 0 Å². The molecular formula is C10H17N. The Labute approximate surface area is 69.9 Å². The molecule has 0 amide bonds. The Morgan fingerprint density at radius 1 is 1.18 bits per heavy atom. The van der Waals surface area contributed by atoms with E-state index >= 15 is 0 Å². The number of nitrogens with zero attached hydrogens (tertiary/aromatic N) is 1. The molecular weight excluding hydrogens is 134 g/mol. The van der Waals surface area contributed by atoms with Crippen molar-refractivity contribution in [2.45, 2.75) is 20.8 Å². The second kappa shape index (κ2) is 11.7. The van der Waals surface area contributed by atoms with Crippen molar-refractivity contribution in [3.8, 4) is 0 Å². The zero-order valence-electron chi connectivity index (χ0n) is 7.67. The minimum atomic E-state index is 0.935. The summed E-state index contributed by atoms with van der Waals surface area (Å²) < 4.78 is 0. The molecule has 0 aliphatic carbocycles. The lowest BCUT2D eigenvalue weighted by atomic mass is 10.4. The highest BCUT2D eigenvalue weighted by molar-refractivity contribution is 5.71. The molecule has 0 radical (unpaired) electrons. The molecule has 0 heterocycles. The van der Waals surface area contributed by atoms with Crippen molar-refractivity contribution < 1.29 is 0 Å². The van der Waals surface area contributed by atoms with E-state index < -0.39 is 0 Å². The van der Waals surface area contributed by atoms with Gasteiger partial charge in [0, 0.05) is 11.9 Å². The molecule has 11 heavy (non-hydrogen) atoms. The highest BCUT2D eigenvalue weighted by Crippen LogP contribution is 1.91. The van der Waals surface area contributed by atoms with Gasteiger partial charge in [0.05, 0.1) is 0 Å². The first-order chi connectivity index (χ1) is 5.31. The molecule has 0 unspecified atom stereocenters. The summed E-state index contributed by atoms with van der Waals surface area (Å²) in [5, 5.41) is 0. The van der Waals surface area contributed by atoms with Crippen LogP contribution < -0.4 is 0 Å². The molecule has 0 aromatic rings. The first-order valence-corrected chi connectivity index (χ1v) is 3.75. The average Bonchev–Trinajstić information content (AvgIpc) is 2.05. The SMILES string of the molecule is C=CC=N/C(C)=C\C=C.CC. The van der Waals surface area contributed by atoms with Crippen molar-refractivity contribution >= 4 is 6.21 Å². The molecule has 0 aliphatic rings. The molecule has 0 saturated heterocycles. The minimum absolute atomic E-state index is 0.935. The number of hydrogen-bond acceptors (Lipinski definition) is 1. The molecule has 1 heteroatoms. The van der Waals surface area contributed by atoms with Crippen LogP contribution in [0.1, 0.15) is 20.8 Å². The second-order valence-corrected chi connectivity index (χ2v) is 1.56. The second-order valence-electron chi connectivity index (χ2n) is 1.56. The maximum Gasteiger partial charge on any atom is 0.0372 e. The van der Waals surface area contributed by atoms with Gasteiger partial charge in [-0.1, -0.05) is 39.2 Å². The zero-order chi connectivity index (χ0) is 9.11. The van der Waals surface area contributed by atoms with Gasteiger partial charge < -0.3 is 0 Å². The predicted octanol–water partition coefficient (Wildman–Crippen LogP) is 3.36. The molecule has 0 fully saturated rings. The summed E-state index contributed by atoms with van der Waals surface area (Å²) in [6, 6.07) is 0. The smallest absolute Gasteiger partial charge is 0.0372 e. The lowest BCUT2D eigenvalue weighted by molar-refractivity contribution is 1.32. The summed E-state index contributed by atoms with van der Waals surface area (Å²) in [5.41, 5.74) is 0.935. The fraction of sp³-hybridized carbons (Fsp3) is 0.300. The molecule has 1 nitrogen and oxygen atoms in total. The summed E-state index contributed by atoms with van der Waals surface area (Å²) in [5.74, 6) is 0. The predicted molar refractivity (Wildman–Crippen MR) is 54.0 cm³/mol. The van der Waals surface area contributed by atoms with Crippen molar-refractivity contribution in [3.05, 3.63) is 37.1 Å². The molecule has 62 valence electrons. The van der Waals surface area contributed by atoms with E-state index in [-0.39, 0.29) is 0 Å². The molecule has 0 spiro atoms.